The molecule has 0 unspecified atom stereocenters. The number of H-pyrrole nitrogens is 2. The van der Waals surface area contributed by atoms with Crippen molar-refractivity contribution in [1.82, 2.24) is 9.97 Å². The number of hydrogen-bond acceptors (Lipinski definition) is 3. The molecule has 0 radical (unpaired) electrons. The Labute approximate surface area is 152 Å². The van der Waals surface area contributed by atoms with E-state index in [1.165, 1.54) is 0 Å². The number of aromatic hydroxyl groups is 1. The molecule has 0 aliphatic rings. The average Bonchev–Trinajstić information content (AvgIpc) is 3.35. The molecule has 5 rings (SSSR count). The van der Waals surface area contributed by atoms with Gasteiger partial charge in [-0.3, -0.25) is 0 Å². The van der Waals surface area contributed by atoms with Crippen LogP contribution in [0.5, 0.6) is 5.75 Å². The third kappa shape index (κ3) is 2.31. The van der Waals surface area contributed by atoms with E-state index in [9.17, 15) is 15.0 Å². The lowest BCUT2D eigenvalue weighted by Crippen LogP contribution is -1.93. The molecule has 0 bridgehead atoms. The van der Waals surface area contributed by atoms with E-state index in [1.54, 1.807) is 0 Å². The van der Waals surface area contributed by atoms with Gasteiger partial charge in [0.1, 0.15) is 0 Å². The highest BCUT2D eigenvalue weighted by molar-refractivity contribution is 5.98. The van der Waals surface area contributed by atoms with E-state index in [1.807, 2.05) is 60.7 Å². The van der Waals surface area contributed by atoms with Crippen LogP contribution in [0.25, 0.3) is 44.5 Å². The number of para-hydroxylation sites is 2. The normalized spacial score (nSPS) is 11.4. The molecule has 0 aliphatic heterocycles. The van der Waals surface area contributed by atoms with E-state index >= 15 is 0 Å². The van der Waals surface area contributed by atoms with Crippen molar-refractivity contribution in [3.8, 4) is 28.5 Å². The molecule has 0 amide bonds. The molecule has 0 saturated heterocycles. The molecule has 2 aromatic carbocycles. The number of furan rings is 1. The number of benzene rings is 2. The summed E-state index contributed by atoms with van der Waals surface area (Å²) in [5.74, 6) is -1.94. The number of aromatic amines is 2. The molecule has 0 atom stereocenters. The van der Waals surface area contributed by atoms with E-state index in [4.69, 9.17) is 4.42 Å². The Morgan fingerprint density at radius 3 is 2.00 bits per heavy atom. The second-order valence-electron chi connectivity index (χ2n) is 6.33. The largest absolute Gasteiger partial charge is 0.503 e. The molecule has 132 valence electrons. The maximum Gasteiger partial charge on any atom is 0.375 e. The Kier molecular flexibility index (Phi) is 3.14. The molecule has 0 fully saturated rings. The summed E-state index contributed by atoms with van der Waals surface area (Å²) < 4.78 is 5.57. The van der Waals surface area contributed by atoms with Gasteiger partial charge in [-0.15, -0.1) is 0 Å². The Balaban J connectivity index is 1.79. The van der Waals surface area contributed by atoms with Crippen LogP contribution in [0.4, 0.5) is 0 Å². The molecule has 27 heavy (non-hydrogen) atoms. The molecular formula is C21H14N2O4. The number of nitrogens with one attached hydrogen (secondary N) is 2. The van der Waals surface area contributed by atoms with Crippen molar-refractivity contribution in [2.45, 2.75) is 0 Å². The van der Waals surface area contributed by atoms with Crippen molar-refractivity contribution in [2.24, 2.45) is 0 Å². The molecule has 6 heteroatoms. The molecular weight excluding hydrogens is 344 g/mol. The number of carboxylic acids is 1. The van der Waals surface area contributed by atoms with Gasteiger partial charge in [0.25, 0.3) is 5.76 Å². The lowest BCUT2D eigenvalue weighted by Gasteiger charge is -1.99. The third-order valence-corrected chi connectivity index (χ3v) is 4.65. The van der Waals surface area contributed by atoms with Gasteiger partial charge in [-0.2, -0.15) is 0 Å². The summed E-state index contributed by atoms with van der Waals surface area (Å²) in [7, 11) is 0. The van der Waals surface area contributed by atoms with Gasteiger partial charge in [-0.05, 0) is 24.3 Å². The first-order chi connectivity index (χ1) is 13.1. The fourth-order valence-electron chi connectivity index (χ4n) is 3.41. The number of carbonyl (C=O) groups is 1. The summed E-state index contributed by atoms with van der Waals surface area (Å²) in [6.07, 6.45) is 0. The lowest BCUT2D eigenvalue weighted by atomic mass is 10.1. The van der Waals surface area contributed by atoms with Crippen molar-refractivity contribution in [3.05, 3.63) is 66.4 Å². The zero-order valence-electron chi connectivity index (χ0n) is 14.0. The zero-order chi connectivity index (χ0) is 18.5. The summed E-state index contributed by atoms with van der Waals surface area (Å²) in [6, 6.07) is 19.1. The van der Waals surface area contributed by atoms with E-state index in [0.717, 1.165) is 21.8 Å². The number of rotatable bonds is 3. The van der Waals surface area contributed by atoms with Gasteiger partial charge in [0, 0.05) is 21.8 Å². The predicted molar refractivity (Wildman–Crippen MR) is 102 cm³/mol. The highest BCUT2D eigenvalue weighted by atomic mass is 16.4. The van der Waals surface area contributed by atoms with Gasteiger partial charge >= 0.3 is 5.97 Å². The van der Waals surface area contributed by atoms with Gasteiger partial charge in [0.05, 0.1) is 17.0 Å². The summed E-state index contributed by atoms with van der Waals surface area (Å²) in [5, 5.41) is 21.9. The highest BCUT2D eigenvalue weighted by Crippen LogP contribution is 2.44. The fraction of sp³-hybridized carbons (Fsp3) is 0. The van der Waals surface area contributed by atoms with Crippen LogP contribution in [-0.4, -0.2) is 26.2 Å². The van der Waals surface area contributed by atoms with Crippen molar-refractivity contribution in [2.75, 3.05) is 0 Å². The van der Waals surface area contributed by atoms with Gasteiger partial charge in [0.15, 0.2) is 11.5 Å². The first-order valence-electron chi connectivity index (χ1n) is 8.37. The first-order valence-corrected chi connectivity index (χ1v) is 8.37. The second-order valence-corrected chi connectivity index (χ2v) is 6.33. The Morgan fingerprint density at radius 2 is 1.41 bits per heavy atom. The SMILES string of the molecule is O=C(O)c1oc(-c2cc3ccccc3[nH]2)c(-c2cc3ccccc3[nH]2)c1O. The van der Waals surface area contributed by atoms with Crippen LogP contribution in [0.2, 0.25) is 0 Å². The molecule has 3 aromatic heterocycles. The number of aromatic carboxylic acids is 1. The zero-order valence-corrected chi connectivity index (χ0v) is 14.0. The molecule has 0 spiro atoms. The van der Waals surface area contributed by atoms with Crippen molar-refractivity contribution < 1.29 is 19.4 Å². The summed E-state index contributed by atoms with van der Waals surface area (Å²) >= 11 is 0. The quantitative estimate of drug-likeness (QED) is 0.365. The minimum Gasteiger partial charge on any atom is -0.503 e. The van der Waals surface area contributed by atoms with Gasteiger partial charge in [-0.1, -0.05) is 36.4 Å². The second kappa shape index (κ2) is 5.54. The van der Waals surface area contributed by atoms with E-state index in [0.29, 0.717) is 17.0 Å². The molecule has 6 nitrogen and oxygen atoms in total. The van der Waals surface area contributed by atoms with Crippen LogP contribution in [0.3, 0.4) is 0 Å². The van der Waals surface area contributed by atoms with E-state index in [-0.39, 0.29) is 5.76 Å². The first kappa shape index (κ1) is 15.3. The van der Waals surface area contributed by atoms with Crippen LogP contribution in [0.1, 0.15) is 10.6 Å². The van der Waals surface area contributed by atoms with Crippen molar-refractivity contribution in [1.29, 1.82) is 0 Å². The highest BCUT2D eigenvalue weighted by Gasteiger charge is 2.28. The van der Waals surface area contributed by atoms with Crippen molar-refractivity contribution >= 4 is 27.8 Å². The van der Waals surface area contributed by atoms with Gasteiger partial charge in [-0.25, -0.2) is 4.79 Å². The molecule has 0 saturated carbocycles. The maximum atomic E-state index is 11.5. The van der Waals surface area contributed by atoms with Crippen molar-refractivity contribution in [3.63, 3.8) is 0 Å². The minimum atomic E-state index is -1.33. The number of aromatic nitrogens is 2. The van der Waals surface area contributed by atoms with Crippen LogP contribution < -0.4 is 0 Å². The molecule has 5 aromatic rings. The summed E-state index contributed by atoms with van der Waals surface area (Å²) in [4.78, 5) is 18.0. The van der Waals surface area contributed by atoms with E-state index in [2.05, 4.69) is 9.97 Å². The molecule has 3 heterocycles. The monoisotopic (exact) mass is 358 g/mol. The van der Waals surface area contributed by atoms with Crippen LogP contribution >= 0.6 is 0 Å². The summed E-state index contributed by atoms with van der Waals surface area (Å²) in [6.45, 7) is 0. The summed E-state index contributed by atoms with van der Waals surface area (Å²) in [5.41, 5.74) is 3.26. The van der Waals surface area contributed by atoms with Crippen LogP contribution in [-0.2, 0) is 0 Å². The predicted octanol–water partition coefficient (Wildman–Crippen LogP) is 4.98. The number of fused-ring (bicyclic) bond motifs is 2. The lowest BCUT2D eigenvalue weighted by molar-refractivity contribution is 0.0659. The smallest absolute Gasteiger partial charge is 0.375 e. The Morgan fingerprint density at radius 1 is 0.852 bits per heavy atom. The molecule has 0 aliphatic carbocycles. The average molecular weight is 358 g/mol. The Hall–Kier alpha value is -3.93. The number of carboxylic acid groups (broad SMARTS) is 1. The third-order valence-electron chi connectivity index (χ3n) is 4.65. The number of hydrogen-bond donors (Lipinski definition) is 4. The topological polar surface area (TPSA) is 102 Å². The standard InChI is InChI=1S/C21H14N2O4/c24-18-17(15-9-11-5-1-3-7-13(11)22-15)19(27-20(18)21(25)26)16-10-12-6-2-4-8-14(12)23-16/h1-10,22-24H,(H,25,26). The molecule has 4 N–H and O–H groups in total. The fourth-order valence-corrected chi connectivity index (χ4v) is 3.41. The van der Waals surface area contributed by atoms with Crippen LogP contribution in [0.15, 0.2) is 65.1 Å². The minimum absolute atomic E-state index is 0.271. The van der Waals surface area contributed by atoms with Gasteiger partial charge in [0.2, 0.25) is 0 Å². The van der Waals surface area contributed by atoms with Crippen LogP contribution in [0, 0.1) is 0 Å². The van der Waals surface area contributed by atoms with Gasteiger partial charge < -0.3 is 24.6 Å². The Bertz CT molecular complexity index is 1260. The maximum absolute atomic E-state index is 11.5. The van der Waals surface area contributed by atoms with E-state index < -0.39 is 17.5 Å².